The van der Waals surface area contributed by atoms with Gasteiger partial charge in [-0.25, -0.2) is 4.39 Å². The van der Waals surface area contributed by atoms with Gasteiger partial charge in [-0.05, 0) is 41.8 Å². The van der Waals surface area contributed by atoms with Crippen molar-refractivity contribution in [2.45, 2.75) is 19.4 Å². The second-order valence-corrected chi connectivity index (χ2v) is 4.95. The summed E-state index contributed by atoms with van der Waals surface area (Å²) < 4.78 is 13.3. The maximum Gasteiger partial charge on any atom is 0.227 e. The minimum atomic E-state index is -0.341. The van der Waals surface area contributed by atoms with Crippen LogP contribution in [0.5, 0.6) is 0 Å². The molecule has 3 nitrogen and oxygen atoms in total. The summed E-state index contributed by atoms with van der Waals surface area (Å²) in [6.45, 7) is 0.305. The summed E-state index contributed by atoms with van der Waals surface area (Å²) in [7, 11) is 0. The van der Waals surface area contributed by atoms with Crippen molar-refractivity contribution in [3.05, 3.63) is 59.4 Å². The molecule has 1 amide bonds. The molecule has 0 bridgehead atoms. The molecule has 1 heterocycles. The quantitative estimate of drug-likeness (QED) is 0.853. The molecule has 0 saturated carbocycles. The molecule has 2 aromatic carbocycles. The number of benzene rings is 2. The molecular weight excluding hydrogens is 255 g/mol. The molecule has 0 aromatic heterocycles. The molecule has 4 heteroatoms. The highest BCUT2D eigenvalue weighted by molar-refractivity contribution is 5.96. The molecule has 0 unspecified atom stereocenters. The lowest BCUT2D eigenvalue weighted by Gasteiger charge is -2.29. The minimum Gasteiger partial charge on any atom is -0.398 e. The minimum absolute atomic E-state index is 0.0485. The Morgan fingerprint density at radius 3 is 2.80 bits per heavy atom. The summed E-state index contributed by atoms with van der Waals surface area (Å²) in [5.41, 5.74) is 9.04. The van der Waals surface area contributed by atoms with Gasteiger partial charge in [0.1, 0.15) is 5.82 Å². The second-order valence-electron chi connectivity index (χ2n) is 4.95. The van der Waals surface area contributed by atoms with E-state index in [0.717, 1.165) is 17.7 Å². The molecule has 2 aromatic rings. The number of halogens is 1. The van der Waals surface area contributed by atoms with Gasteiger partial charge in [0.25, 0.3) is 0 Å². The largest absolute Gasteiger partial charge is 0.398 e. The zero-order valence-corrected chi connectivity index (χ0v) is 11.0. The van der Waals surface area contributed by atoms with Crippen LogP contribution in [0.3, 0.4) is 0 Å². The van der Waals surface area contributed by atoms with Crippen LogP contribution in [0.2, 0.25) is 0 Å². The first kappa shape index (κ1) is 12.7. The number of amides is 1. The molecule has 0 radical (unpaired) electrons. The lowest BCUT2D eigenvalue weighted by atomic mass is 10.0. The first-order valence-electron chi connectivity index (χ1n) is 6.57. The van der Waals surface area contributed by atoms with Crippen LogP contribution in [0, 0.1) is 5.82 Å². The summed E-state index contributed by atoms with van der Waals surface area (Å²) in [6.07, 6.45) is 1.23. The Hall–Kier alpha value is -2.36. The van der Waals surface area contributed by atoms with Crippen molar-refractivity contribution >= 4 is 17.3 Å². The van der Waals surface area contributed by atoms with Crippen LogP contribution in [-0.4, -0.2) is 5.91 Å². The van der Waals surface area contributed by atoms with E-state index >= 15 is 0 Å². The predicted octanol–water partition coefficient (Wildman–Crippen LogP) is 2.89. The molecule has 102 valence electrons. The highest BCUT2D eigenvalue weighted by Crippen LogP contribution is 2.30. The van der Waals surface area contributed by atoms with Gasteiger partial charge in [-0.2, -0.15) is 0 Å². The number of carbonyl (C=O) groups excluding carboxylic acids is 1. The van der Waals surface area contributed by atoms with E-state index in [1.54, 1.807) is 4.90 Å². The van der Waals surface area contributed by atoms with Gasteiger partial charge >= 0.3 is 0 Å². The Kier molecular flexibility index (Phi) is 3.14. The highest BCUT2D eigenvalue weighted by Gasteiger charge is 2.24. The van der Waals surface area contributed by atoms with Gasteiger partial charge in [0.2, 0.25) is 5.91 Å². The number of carbonyl (C=O) groups is 1. The number of nitrogen functional groups attached to an aromatic ring is 1. The summed E-state index contributed by atoms with van der Waals surface area (Å²) in [5, 5.41) is 0. The van der Waals surface area contributed by atoms with Crippen molar-refractivity contribution in [2.24, 2.45) is 0 Å². The molecule has 0 saturated heterocycles. The summed E-state index contributed by atoms with van der Waals surface area (Å²) in [5.74, 6) is -0.292. The van der Waals surface area contributed by atoms with Gasteiger partial charge < -0.3 is 10.6 Å². The van der Waals surface area contributed by atoms with Gasteiger partial charge in [0.15, 0.2) is 0 Å². The van der Waals surface area contributed by atoms with Gasteiger partial charge in [-0.15, -0.1) is 0 Å². The molecule has 2 N–H and O–H groups in total. The van der Waals surface area contributed by atoms with Crippen molar-refractivity contribution in [3.8, 4) is 0 Å². The molecule has 1 aliphatic heterocycles. The summed E-state index contributed by atoms with van der Waals surface area (Å²) >= 11 is 0. The van der Waals surface area contributed by atoms with Gasteiger partial charge in [-0.1, -0.05) is 18.2 Å². The summed E-state index contributed by atoms with van der Waals surface area (Å²) in [6, 6.07) is 12.0. The first-order chi connectivity index (χ1) is 9.65. The summed E-state index contributed by atoms with van der Waals surface area (Å²) in [4.78, 5) is 13.8. The number of anilines is 2. The molecule has 0 spiro atoms. The van der Waals surface area contributed by atoms with Crippen LogP contribution >= 0.6 is 0 Å². The lowest BCUT2D eigenvalue weighted by Crippen LogP contribution is -2.34. The smallest absolute Gasteiger partial charge is 0.227 e. The Bertz CT molecular complexity index is 669. The number of hydrogen-bond donors (Lipinski definition) is 1. The third-order valence-corrected chi connectivity index (χ3v) is 3.63. The third-order valence-electron chi connectivity index (χ3n) is 3.63. The van der Waals surface area contributed by atoms with Crippen molar-refractivity contribution in [1.82, 2.24) is 0 Å². The van der Waals surface area contributed by atoms with Crippen LogP contribution < -0.4 is 10.6 Å². The van der Waals surface area contributed by atoms with E-state index < -0.39 is 0 Å². The van der Waals surface area contributed by atoms with E-state index in [1.165, 1.54) is 18.2 Å². The Labute approximate surface area is 116 Å². The average Bonchev–Trinajstić information content (AvgIpc) is 2.46. The van der Waals surface area contributed by atoms with Crippen LogP contribution in [0.1, 0.15) is 17.5 Å². The van der Waals surface area contributed by atoms with E-state index in [-0.39, 0.29) is 11.7 Å². The number of para-hydroxylation sites is 1. The maximum atomic E-state index is 13.3. The first-order valence-corrected chi connectivity index (χ1v) is 6.57. The van der Waals surface area contributed by atoms with Crippen LogP contribution in [0.25, 0.3) is 0 Å². The van der Waals surface area contributed by atoms with Crippen molar-refractivity contribution in [3.63, 3.8) is 0 Å². The molecule has 1 aliphatic rings. The number of hydrogen-bond acceptors (Lipinski definition) is 2. The van der Waals surface area contributed by atoms with Crippen molar-refractivity contribution < 1.29 is 9.18 Å². The van der Waals surface area contributed by atoms with E-state index in [1.807, 2.05) is 24.3 Å². The van der Waals surface area contributed by atoms with Gasteiger partial charge in [-0.3, -0.25) is 4.79 Å². The van der Waals surface area contributed by atoms with Gasteiger partial charge in [0.05, 0.1) is 6.54 Å². The van der Waals surface area contributed by atoms with E-state index in [4.69, 9.17) is 5.73 Å². The number of fused-ring (bicyclic) bond motifs is 1. The van der Waals surface area contributed by atoms with Crippen LogP contribution in [0.15, 0.2) is 42.5 Å². The Morgan fingerprint density at radius 1 is 1.15 bits per heavy atom. The fraction of sp³-hybridized carbons (Fsp3) is 0.188. The standard InChI is InChI=1S/C16H15FN2O/c17-13-6-7-14(18)12(9-13)10-19-15-4-2-1-3-11(15)5-8-16(19)20/h1-4,6-7,9H,5,8,10,18H2. The zero-order chi connectivity index (χ0) is 14.1. The Morgan fingerprint density at radius 2 is 1.95 bits per heavy atom. The molecule has 0 fully saturated rings. The van der Waals surface area contributed by atoms with Gasteiger partial charge in [0, 0.05) is 17.8 Å². The number of nitrogens with two attached hydrogens (primary N) is 1. The average molecular weight is 270 g/mol. The molecule has 0 aliphatic carbocycles. The monoisotopic (exact) mass is 270 g/mol. The van der Waals surface area contributed by atoms with Crippen LogP contribution in [-0.2, 0) is 17.8 Å². The fourth-order valence-corrected chi connectivity index (χ4v) is 2.55. The number of rotatable bonds is 2. The molecule has 20 heavy (non-hydrogen) atoms. The molecule has 3 rings (SSSR count). The van der Waals surface area contributed by atoms with E-state index in [0.29, 0.717) is 24.2 Å². The SMILES string of the molecule is Nc1ccc(F)cc1CN1C(=O)CCc2ccccc21. The predicted molar refractivity (Wildman–Crippen MR) is 76.8 cm³/mol. The zero-order valence-electron chi connectivity index (χ0n) is 11.0. The second kappa shape index (κ2) is 4.96. The lowest BCUT2D eigenvalue weighted by molar-refractivity contribution is -0.119. The molecule has 0 atom stereocenters. The van der Waals surface area contributed by atoms with E-state index in [9.17, 15) is 9.18 Å². The molecular formula is C16H15FN2O. The van der Waals surface area contributed by atoms with Crippen molar-refractivity contribution in [1.29, 1.82) is 0 Å². The Balaban J connectivity index is 1.97. The van der Waals surface area contributed by atoms with E-state index in [2.05, 4.69) is 0 Å². The maximum absolute atomic E-state index is 13.3. The van der Waals surface area contributed by atoms with Crippen molar-refractivity contribution in [2.75, 3.05) is 10.6 Å². The fourth-order valence-electron chi connectivity index (χ4n) is 2.55. The normalized spacial score (nSPS) is 14.2. The number of nitrogens with zero attached hydrogens (tertiary/aromatic N) is 1. The topological polar surface area (TPSA) is 46.3 Å². The highest BCUT2D eigenvalue weighted by atomic mass is 19.1. The van der Waals surface area contributed by atoms with Crippen LogP contribution in [0.4, 0.5) is 15.8 Å². The number of aryl methyl sites for hydroxylation is 1. The third kappa shape index (κ3) is 2.25.